The Morgan fingerprint density at radius 3 is 2.68 bits per heavy atom. The van der Waals surface area contributed by atoms with E-state index in [0.29, 0.717) is 23.7 Å². The average molecular weight is 363 g/mol. The Morgan fingerprint density at radius 2 is 2.00 bits per heavy atom. The van der Waals surface area contributed by atoms with Crippen LogP contribution in [0.1, 0.15) is 22.3 Å². The molecule has 6 nitrogen and oxygen atoms in total. The fourth-order valence-electron chi connectivity index (χ4n) is 2.80. The van der Waals surface area contributed by atoms with E-state index >= 15 is 0 Å². The molecule has 3 rings (SSSR count). The molecule has 1 aromatic carbocycles. The molecule has 0 unspecified atom stereocenters. The van der Waals surface area contributed by atoms with E-state index in [1.54, 1.807) is 17.1 Å². The molecule has 1 amide bonds. The normalized spacial score (nSPS) is 15.2. The van der Waals surface area contributed by atoms with E-state index in [0.717, 1.165) is 44.8 Å². The third kappa shape index (κ3) is 5.56. The van der Waals surface area contributed by atoms with Crippen LogP contribution in [0.4, 0.5) is 0 Å². The number of hydrogen-bond acceptors (Lipinski definition) is 4. The Labute approximate surface area is 152 Å². The number of carbonyl (C=O) groups is 1. The standard InChI is InChI=1S/C18H23ClN4O2/c19-17-12-21-23(14-17)13-15-2-4-16(5-3-15)18(24)20-6-1-7-22-8-10-25-11-9-22/h2-5,12,14H,1,6-11,13H2,(H,20,24). The summed E-state index contributed by atoms with van der Waals surface area (Å²) in [6.45, 7) is 5.90. The van der Waals surface area contributed by atoms with Crippen molar-refractivity contribution in [2.75, 3.05) is 39.4 Å². The number of ether oxygens (including phenoxy) is 1. The number of rotatable bonds is 7. The van der Waals surface area contributed by atoms with Crippen LogP contribution in [0.3, 0.4) is 0 Å². The number of morpholine rings is 1. The second-order valence-electron chi connectivity index (χ2n) is 6.12. The van der Waals surface area contributed by atoms with Gasteiger partial charge < -0.3 is 10.1 Å². The van der Waals surface area contributed by atoms with Crippen LogP contribution in [0.15, 0.2) is 36.7 Å². The topological polar surface area (TPSA) is 59.4 Å². The quantitative estimate of drug-likeness (QED) is 0.766. The van der Waals surface area contributed by atoms with Gasteiger partial charge in [0.1, 0.15) is 0 Å². The molecule has 1 saturated heterocycles. The summed E-state index contributed by atoms with van der Waals surface area (Å²) >= 11 is 5.86. The van der Waals surface area contributed by atoms with Crippen LogP contribution in [-0.2, 0) is 11.3 Å². The second kappa shape index (κ2) is 8.99. The lowest BCUT2D eigenvalue weighted by atomic mass is 10.1. The Morgan fingerprint density at radius 1 is 1.24 bits per heavy atom. The highest BCUT2D eigenvalue weighted by Gasteiger charge is 2.10. The van der Waals surface area contributed by atoms with Crippen LogP contribution >= 0.6 is 11.6 Å². The summed E-state index contributed by atoms with van der Waals surface area (Å²) in [4.78, 5) is 14.6. The number of carbonyl (C=O) groups excluding carboxylic acids is 1. The monoisotopic (exact) mass is 362 g/mol. The lowest BCUT2D eigenvalue weighted by molar-refractivity contribution is 0.0374. The van der Waals surface area contributed by atoms with Gasteiger partial charge in [-0.15, -0.1) is 0 Å². The molecule has 1 aliphatic heterocycles. The first-order valence-electron chi connectivity index (χ1n) is 8.56. The van der Waals surface area contributed by atoms with Crippen LogP contribution in [0.5, 0.6) is 0 Å². The Bertz CT molecular complexity index is 681. The third-order valence-corrected chi connectivity index (χ3v) is 4.40. The van der Waals surface area contributed by atoms with E-state index < -0.39 is 0 Å². The fraction of sp³-hybridized carbons (Fsp3) is 0.444. The van der Waals surface area contributed by atoms with Gasteiger partial charge >= 0.3 is 0 Å². The number of benzene rings is 1. The van der Waals surface area contributed by atoms with E-state index in [1.165, 1.54) is 0 Å². The Hall–Kier alpha value is -1.89. The molecule has 1 aliphatic rings. The molecule has 1 aromatic heterocycles. The molecule has 0 bridgehead atoms. The molecule has 25 heavy (non-hydrogen) atoms. The second-order valence-corrected chi connectivity index (χ2v) is 6.55. The SMILES string of the molecule is O=C(NCCCN1CCOCC1)c1ccc(Cn2cc(Cl)cn2)cc1. The molecule has 1 fully saturated rings. The van der Waals surface area contributed by atoms with E-state index in [-0.39, 0.29) is 5.91 Å². The van der Waals surface area contributed by atoms with Crippen molar-refractivity contribution >= 4 is 17.5 Å². The molecule has 0 radical (unpaired) electrons. The van der Waals surface area contributed by atoms with Gasteiger partial charge in [0.05, 0.1) is 31.0 Å². The first-order valence-corrected chi connectivity index (χ1v) is 8.94. The zero-order chi connectivity index (χ0) is 17.5. The number of nitrogens with zero attached hydrogens (tertiary/aromatic N) is 3. The number of nitrogens with one attached hydrogen (secondary N) is 1. The summed E-state index contributed by atoms with van der Waals surface area (Å²) in [5, 5.41) is 7.75. The molecule has 0 aliphatic carbocycles. The summed E-state index contributed by atoms with van der Waals surface area (Å²) < 4.78 is 7.09. The fourth-order valence-corrected chi connectivity index (χ4v) is 2.96. The highest BCUT2D eigenvalue weighted by molar-refractivity contribution is 6.30. The lowest BCUT2D eigenvalue weighted by Crippen LogP contribution is -2.38. The van der Waals surface area contributed by atoms with Crippen LogP contribution in [0.25, 0.3) is 0 Å². The number of aromatic nitrogens is 2. The van der Waals surface area contributed by atoms with Crippen molar-refractivity contribution in [2.24, 2.45) is 0 Å². The first-order chi connectivity index (χ1) is 12.2. The van der Waals surface area contributed by atoms with Crippen molar-refractivity contribution < 1.29 is 9.53 Å². The van der Waals surface area contributed by atoms with Crippen LogP contribution in [-0.4, -0.2) is 60.0 Å². The van der Waals surface area contributed by atoms with E-state index in [9.17, 15) is 4.79 Å². The third-order valence-electron chi connectivity index (χ3n) is 4.20. The number of hydrogen-bond donors (Lipinski definition) is 1. The van der Waals surface area contributed by atoms with Crippen molar-refractivity contribution in [2.45, 2.75) is 13.0 Å². The van der Waals surface area contributed by atoms with Crippen LogP contribution < -0.4 is 5.32 Å². The van der Waals surface area contributed by atoms with E-state index in [1.807, 2.05) is 24.3 Å². The van der Waals surface area contributed by atoms with Crippen molar-refractivity contribution in [3.63, 3.8) is 0 Å². The Kier molecular flexibility index (Phi) is 6.44. The van der Waals surface area contributed by atoms with Crippen molar-refractivity contribution in [1.29, 1.82) is 0 Å². The maximum atomic E-state index is 12.2. The number of halogens is 1. The molecule has 2 heterocycles. The smallest absolute Gasteiger partial charge is 0.251 e. The van der Waals surface area contributed by atoms with Gasteiger partial charge in [0.15, 0.2) is 0 Å². The van der Waals surface area contributed by atoms with Gasteiger partial charge in [-0.2, -0.15) is 5.10 Å². The molecule has 0 saturated carbocycles. The molecule has 0 spiro atoms. The first kappa shape index (κ1) is 17.9. The van der Waals surface area contributed by atoms with E-state index in [2.05, 4.69) is 15.3 Å². The zero-order valence-electron chi connectivity index (χ0n) is 14.2. The van der Waals surface area contributed by atoms with Gasteiger partial charge in [-0.3, -0.25) is 14.4 Å². The van der Waals surface area contributed by atoms with Crippen molar-refractivity contribution in [3.8, 4) is 0 Å². The summed E-state index contributed by atoms with van der Waals surface area (Å²) in [7, 11) is 0. The number of amides is 1. The van der Waals surface area contributed by atoms with Gasteiger partial charge in [-0.1, -0.05) is 23.7 Å². The van der Waals surface area contributed by atoms with Gasteiger partial charge in [0.2, 0.25) is 0 Å². The predicted molar refractivity (Wildman–Crippen MR) is 97.0 cm³/mol. The van der Waals surface area contributed by atoms with Gasteiger partial charge in [0, 0.05) is 31.4 Å². The summed E-state index contributed by atoms with van der Waals surface area (Å²) in [5.74, 6) is -0.0318. The molecule has 2 aromatic rings. The van der Waals surface area contributed by atoms with Gasteiger partial charge in [-0.05, 0) is 30.7 Å². The minimum absolute atomic E-state index is 0.0318. The lowest BCUT2D eigenvalue weighted by Gasteiger charge is -2.26. The average Bonchev–Trinajstić information content (AvgIpc) is 3.05. The van der Waals surface area contributed by atoms with Gasteiger partial charge in [-0.25, -0.2) is 0 Å². The summed E-state index contributed by atoms with van der Waals surface area (Å²) in [6.07, 6.45) is 4.33. The van der Waals surface area contributed by atoms with Gasteiger partial charge in [0.25, 0.3) is 5.91 Å². The van der Waals surface area contributed by atoms with Crippen LogP contribution in [0, 0.1) is 0 Å². The van der Waals surface area contributed by atoms with Crippen molar-refractivity contribution in [3.05, 3.63) is 52.8 Å². The van der Waals surface area contributed by atoms with Crippen molar-refractivity contribution in [1.82, 2.24) is 20.0 Å². The highest BCUT2D eigenvalue weighted by Crippen LogP contribution is 2.09. The molecular formula is C18H23ClN4O2. The molecule has 134 valence electrons. The summed E-state index contributed by atoms with van der Waals surface area (Å²) in [5.41, 5.74) is 1.75. The maximum absolute atomic E-state index is 12.2. The minimum Gasteiger partial charge on any atom is -0.379 e. The zero-order valence-corrected chi connectivity index (χ0v) is 14.9. The molecule has 1 N–H and O–H groups in total. The molecular weight excluding hydrogens is 340 g/mol. The van der Waals surface area contributed by atoms with E-state index in [4.69, 9.17) is 16.3 Å². The molecule has 7 heteroatoms. The highest BCUT2D eigenvalue weighted by atomic mass is 35.5. The largest absolute Gasteiger partial charge is 0.379 e. The molecule has 0 atom stereocenters. The summed E-state index contributed by atoms with van der Waals surface area (Å²) in [6, 6.07) is 7.58. The minimum atomic E-state index is -0.0318. The Balaban J connectivity index is 1.41. The predicted octanol–water partition coefficient (Wildman–Crippen LogP) is 2.04. The maximum Gasteiger partial charge on any atom is 0.251 e. The van der Waals surface area contributed by atoms with Crippen LogP contribution in [0.2, 0.25) is 5.02 Å².